The van der Waals surface area contributed by atoms with Crippen molar-refractivity contribution in [1.82, 2.24) is 4.98 Å². The van der Waals surface area contributed by atoms with E-state index in [0.717, 1.165) is 5.56 Å². The summed E-state index contributed by atoms with van der Waals surface area (Å²) in [5, 5.41) is 8.07. The molecule has 3 amide bonds. The van der Waals surface area contributed by atoms with Gasteiger partial charge in [0.15, 0.2) is 5.13 Å². The maximum Gasteiger partial charge on any atom is 0.316 e. The van der Waals surface area contributed by atoms with E-state index in [2.05, 4.69) is 15.6 Å². The van der Waals surface area contributed by atoms with Crippen molar-refractivity contribution < 1.29 is 9.59 Å². The first kappa shape index (κ1) is 16.9. The van der Waals surface area contributed by atoms with Gasteiger partial charge in [-0.15, -0.1) is 11.3 Å². The van der Waals surface area contributed by atoms with E-state index in [-0.39, 0.29) is 5.91 Å². The van der Waals surface area contributed by atoms with Crippen LogP contribution in [-0.2, 0) is 0 Å². The van der Waals surface area contributed by atoms with Crippen LogP contribution in [0.2, 0.25) is 5.02 Å². The summed E-state index contributed by atoms with van der Waals surface area (Å²) in [7, 11) is 0. The average Bonchev–Trinajstić information content (AvgIpc) is 3.03. The van der Waals surface area contributed by atoms with Gasteiger partial charge in [0.25, 0.3) is 5.91 Å². The van der Waals surface area contributed by atoms with Crippen LogP contribution in [-0.4, -0.2) is 16.9 Å². The fraction of sp³-hybridized carbons (Fsp3) is 0. The quantitative estimate of drug-likeness (QED) is 0.640. The van der Waals surface area contributed by atoms with Crippen molar-refractivity contribution >= 4 is 45.7 Å². The van der Waals surface area contributed by atoms with Crippen molar-refractivity contribution in [3.63, 3.8) is 0 Å². The standard InChI is InChI=1S/C17H13ClN4O2S/c18-13-4-2-1-3-12(13)14-9-25-17(21-14)22-15(23)10-5-7-11(8-6-10)20-16(19)24/h1-9H,(H3,19,20,24)(H,21,22,23). The molecule has 0 fully saturated rings. The fourth-order valence-electron chi connectivity index (χ4n) is 2.14. The third-order valence-corrected chi connectivity index (χ3v) is 4.38. The Morgan fingerprint density at radius 1 is 1.04 bits per heavy atom. The number of benzene rings is 2. The molecule has 4 N–H and O–H groups in total. The number of carbonyl (C=O) groups is 2. The van der Waals surface area contributed by atoms with Crippen molar-refractivity contribution in [2.75, 3.05) is 10.6 Å². The van der Waals surface area contributed by atoms with Crippen molar-refractivity contribution in [2.24, 2.45) is 5.73 Å². The Kier molecular flexibility index (Phi) is 4.97. The number of anilines is 2. The number of nitrogens with zero attached hydrogens (tertiary/aromatic N) is 1. The van der Waals surface area contributed by atoms with Crippen LogP contribution in [0.25, 0.3) is 11.3 Å². The molecule has 0 aliphatic carbocycles. The highest BCUT2D eigenvalue weighted by Gasteiger charge is 2.11. The molecule has 0 aliphatic rings. The topological polar surface area (TPSA) is 97.1 Å². The van der Waals surface area contributed by atoms with Crippen molar-refractivity contribution in [2.45, 2.75) is 0 Å². The number of carbonyl (C=O) groups excluding carboxylic acids is 2. The lowest BCUT2D eigenvalue weighted by Crippen LogP contribution is -2.19. The minimum Gasteiger partial charge on any atom is -0.351 e. The largest absolute Gasteiger partial charge is 0.351 e. The number of amides is 3. The molecule has 0 spiro atoms. The third kappa shape index (κ3) is 4.14. The van der Waals surface area contributed by atoms with Crippen LogP contribution in [0, 0.1) is 0 Å². The lowest BCUT2D eigenvalue weighted by atomic mass is 10.2. The minimum absolute atomic E-state index is 0.300. The number of hydrogen-bond acceptors (Lipinski definition) is 4. The van der Waals surface area contributed by atoms with Gasteiger partial charge < -0.3 is 11.1 Å². The lowest BCUT2D eigenvalue weighted by molar-refractivity contribution is 0.102. The second kappa shape index (κ2) is 7.33. The molecule has 3 aromatic rings. The summed E-state index contributed by atoms with van der Waals surface area (Å²) in [6, 6.07) is 13.1. The molecule has 3 rings (SSSR count). The van der Waals surface area contributed by atoms with E-state index in [0.29, 0.717) is 27.1 Å². The first-order valence-corrected chi connectivity index (χ1v) is 8.47. The molecule has 25 heavy (non-hydrogen) atoms. The van der Waals surface area contributed by atoms with Gasteiger partial charge in [0.1, 0.15) is 0 Å². The zero-order valence-corrected chi connectivity index (χ0v) is 14.4. The second-order valence-corrected chi connectivity index (χ2v) is 6.30. The maximum atomic E-state index is 12.3. The number of hydrogen-bond donors (Lipinski definition) is 3. The summed E-state index contributed by atoms with van der Waals surface area (Å²) >= 11 is 7.47. The Labute approximate surface area is 152 Å². The number of nitrogens with two attached hydrogens (primary N) is 1. The molecule has 1 aromatic heterocycles. The molecule has 2 aromatic carbocycles. The van der Waals surface area contributed by atoms with Crippen LogP contribution in [0.15, 0.2) is 53.9 Å². The number of aromatic nitrogens is 1. The summed E-state index contributed by atoms with van der Waals surface area (Å²) in [6.45, 7) is 0. The monoisotopic (exact) mass is 372 g/mol. The number of rotatable bonds is 4. The molecule has 0 unspecified atom stereocenters. The predicted molar refractivity (Wildman–Crippen MR) is 100 cm³/mol. The van der Waals surface area contributed by atoms with Crippen molar-refractivity contribution in [1.29, 1.82) is 0 Å². The summed E-state index contributed by atoms with van der Waals surface area (Å²) in [4.78, 5) is 27.5. The van der Waals surface area contributed by atoms with E-state index >= 15 is 0 Å². The molecule has 0 radical (unpaired) electrons. The Hall–Kier alpha value is -2.90. The summed E-state index contributed by atoms with van der Waals surface area (Å²) < 4.78 is 0. The molecule has 6 nitrogen and oxygen atoms in total. The summed E-state index contributed by atoms with van der Waals surface area (Å²) in [5.41, 5.74) is 7.50. The van der Waals surface area contributed by atoms with E-state index in [4.69, 9.17) is 17.3 Å². The number of primary amides is 1. The van der Waals surface area contributed by atoms with Gasteiger partial charge >= 0.3 is 6.03 Å². The Bertz CT molecular complexity index is 924. The molecule has 1 heterocycles. The zero-order valence-electron chi connectivity index (χ0n) is 12.8. The Morgan fingerprint density at radius 2 is 1.76 bits per heavy atom. The van der Waals surface area contributed by atoms with Crippen LogP contribution in [0.5, 0.6) is 0 Å². The van der Waals surface area contributed by atoms with Gasteiger partial charge in [-0.2, -0.15) is 0 Å². The highest BCUT2D eigenvalue weighted by atomic mass is 35.5. The van der Waals surface area contributed by atoms with E-state index in [9.17, 15) is 9.59 Å². The van der Waals surface area contributed by atoms with Gasteiger partial charge in [-0.1, -0.05) is 29.8 Å². The van der Waals surface area contributed by atoms with Crippen molar-refractivity contribution in [3.05, 3.63) is 64.5 Å². The van der Waals surface area contributed by atoms with Crippen LogP contribution < -0.4 is 16.4 Å². The molecular formula is C17H13ClN4O2S. The number of halogens is 1. The maximum absolute atomic E-state index is 12.3. The van der Waals surface area contributed by atoms with Gasteiger partial charge in [-0.25, -0.2) is 9.78 Å². The van der Waals surface area contributed by atoms with E-state index in [1.165, 1.54) is 11.3 Å². The summed E-state index contributed by atoms with van der Waals surface area (Å²) in [5.74, 6) is -0.300. The molecule has 0 atom stereocenters. The predicted octanol–water partition coefficient (Wildman–Crippen LogP) is 4.21. The Morgan fingerprint density at radius 3 is 2.44 bits per heavy atom. The zero-order chi connectivity index (χ0) is 17.8. The lowest BCUT2D eigenvalue weighted by Gasteiger charge is -2.04. The fourth-order valence-corrected chi connectivity index (χ4v) is 3.08. The van der Waals surface area contributed by atoms with E-state index in [1.807, 2.05) is 23.6 Å². The number of urea groups is 1. The van der Waals surface area contributed by atoms with Gasteiger partial charge in [0.05, 0.1) is 5.69 Å². The van der Waals surface area contributed by atoms with E-state index in [1.54, 1.807) is 30.3 Å². The molecule has 0 saturated heterocycles. The number of nitrogens with one attached hydrogen (secondary N) is 2. The first-order chi connectivity index (χ1) is 12.0. The van der Waals surface area contributed by atoms with Crippen LogP contribution in [0.1, 0.15) is 10.4 Å². The Balaban J connectivity index is 1.71. The molecule has 0 bridgehead atoms. The minimum atomic E-state index is -0.660. The van der Waals surface area contributed by atoms with Gasteiger partial charge in [0.2, 0.25) is 0 Å². The SMILES string of the molecule is NC(=O)Nc1ccc(C(=O)Nc2nc(-c3ccccc3Cl)cs2)cc1. The van der Waals surface area contributed by atoms with Crippen molar-refractivity contribution in [3.8, 4) is 11.3 Å². The number of thiazole rings is 1. The molecule has 0 aliphatic heterocycles. The van der Waals surface area contributed by atoms with E-state index < -0.39 is 6.03 Å². The summed E-state index contributed by atoms with van der Waals surface area (Å²) in [6.07, 6.45) is 0. The van der Waals surface area contributed by atoms with Gasteiger partial charge in [-0.3, -0.25) is 10.1 Å². The highest BCUT2D eigenvalue weighted by Crippen LogP contribution is 2.30. The molecule has 0 saturated carbocycles. The van der Waals surface area contributed by atoms with Crippen LogP contribution >= 0.6 is 22.9 Å². The molecular weight excluding hydrogens is 360 g/mol. The molecule has 126 valence electrons. The van der Waals surface area contributed by atoms with Gasteiger partial charge in [-0.05, 0) is 30.3 Å². The normalized spacial score (nSPS) is 10.3. The van der Waals surface area contributed by atoms with Crippen LogP contribution in [0.3, 0.4) is 0 Å². The first-order valence-electron chi connectivity index (χ1n) is 7.21. The second-order valence-electron chi connectivity index (χ2n) is 5.04. The van der Waals surface area contributed by atoms with Crippen LogP contribution in [0.4, 0.5) is 15.6 Å². The average molecular weight is 373 g/mol. The highest BCUT2D eigenvalue weighted by molar-refractivity contribution is 7.14. The van der Waals surface area contributed by atoms with Gasteiger partial charge in [0, 0.05) is 27.2 Å². The molecule has 8 heteroatoms. The third-order valence-electron chi connectivity index (χ3n) is 3.29. The smallest absolute Gasteiger partial charge is 0.316 e.